The highest BCUT2D eigenvalue weighted by molar-refractivity contribution is 6.12. The standard InChI is InChI=1S/C16H24N2O3/c1-12(2)13(3)17-11-14(19)7-5-4-6-10-18-15(20)8-9-16(18)21/h8-9,12H,4-7,10-11H2,1-3H3. The van der Waals surface area contributed by atoms with E-state index in [-0.39, 0.29) is 24.1 Å². The summed E-state index contributed by atoms with van der Waals surface area (Å²) in [6, 6.07) is 0. The molecule has 116 valence electrons. The van der Waals surface area contributed by atoms with Crippen LogP contribution in [0, 0.1) is 5.92 Å². The first-order valence-electron chi connectivity index (χ1n) is 7.48. The van der Waals surface area contributed by atoms with E-state index in [0.29, 0.717) is 18.9 Å². The summed E-state index contributed by atoms with van der Waals surface area (Å²) in [7, 11) is 0. The second kappa shape index (κ2) is 8.49. The molecule has 0 aromatic carbocycles. The van der Waals surface area contributed by atoms with Crippen LogP contribution >= 0.6 is 0 Å². The minimum atomic E-state index is -0.241. The van der Waals surface area contributed by atoms with Gasteiger partial charge in [-0.3, -0.25) is 24.3 Å². The van der Waals surface area contributed by atoms with E-state index in [1.165, 1.54) is 17.1 Å². The highest BCUT2D eigenvalue weighted by Crippen LogP contribution is 2.08. The first-order chi connectivity index (χ1) is 9.91. The number of amides is 2. The number of ketones is 1. The van der Waals surface area contributed by atoms with Crippen LogP contribution in [0.2, 0.25) is 0 Å². The van der Waals surface area contributed by atoms with E-state index in [1.807, 2.05) is 6.92 Å². The summed E-state index contributed by atoms with van der Waals surface area (Å²) >= 11 is 0. The van der Waals surface area contributed by atoms with Gasteiger partial charge in [-0.05, 0) is 25.7 Å². The van der Waals surface area contributed by atoms with Crippen LogP contribution in [0.4, 0.5) is 0 Å². The topological polar surface area (TPSA) is 66.8 Å². The molecule has 1 rings (SSSR count). The van der Waals surface area contributed by atoms with Crippen LogP contribution in [0.5, 0.6) is 0 Å². The van der Waals surface area contributed by atoms with Crippen LogP contribution in [0.1, 0.15) is 46.5 Å². The molecule has 0 aromatic rings. The maximum Gasteiger partial charge on any atom is 0.253 e. The number of unbranched alkanes of at least 4 members (excludes halogenated alkanes) is 2. The number of hydrogen-bond donors (Lipinski definition) is 0. The van der Waals surface area contributed by atoms with Gasteiger partial charge in [0.1, 0.15) is 0 Å². The highest BCUT2D eigenvalue weighted by Gasteiger charge is 2.22. The zero-order valence-electron chi connectivity index (χ0n) is 13.1. The SMILES string of the molecule is CC(=NCC(=O)CCCCCN1C(=O)C=CC1=O)C(C)C. The summed E-state index contributed by atoms with van der Waals surface area (Å²) < 4.78 is 0. The molecular weight excluding hydrogens is 268 g/mol. The molecule has 0 saturated carbocycles. The number of aliphatic imine (C=N–C) groups is 1. The van der Waals surface area contributed by atoms with Crippen LogP contribution in [0.15, 0.2) is 17.1 Å². The fourth-order valence-corrected chi connectivity index (χ4v) is 1.89. The Morgan fingerprint density at radius 1 is 1.14 bits per heavy atom. The maximum absolute atomic E-state index is 11.7. The summed E-state index contributed by atoms with van der Waals surface area (Å²) in [5, 5.41) is 0. The number of carbonyl (C=O) groups excluding carboxylic acids is 3. The Labute approximate surface area is 126 Å². The summed E-state index contributed by atoms with van der Waals surface area (Å²) in [6.45, 7) is 6.74. The smallest absolute Gasteiger partial charge is 0.253 e. The Hall–Kier alpha value is -1.78. The van der Waals surface area contributed by atoms with Gasteiger partial charge in [0.25, 0.3) is 11.8 Å². The lowest BCUT2D eigenvalue weighted by atomic mass is 10.1. The Balaban J connectivity index is 2.12. The van der Waals surface area contributed by atoms with E-state index >= 15 is 0 Å². The van der Waals surface area contributed by atoms with E-state index in [4.69, 9.17) is 0 Å². The first kappa shape index (κ1) is 17.3. The molecular formula is C16H24N2O3. The van der Waals surface area contributed by atoms with Gasteiger partial charge < -0.3 is 0 Å². The third-order valence-corrected chi connectivity index (χ3v) is 3.58. The Morgan fingerprint density at radius 3 is 2.33 bits per heavy atom. The third-order valence-electron chi connectivity index (χ3n) is 3.58. The van der Waals surface area contributed by atoms with Crippen molar-refractivity contribution in [3.05, 3.63) is 12.2 Å². The average molecular weight is 292 g/mol. The molecule has 5 heteroatoms. The molecule has 0 atom stereocenters. The fourth-order valence-electron chi connectivity index (χ4n) is 1.89. The van der Waals surface area contributed by atoms with Crippen molar-refractivity contribution in [2.24, 2.45) is 10.9 Å². The molecule has 0 radical (unpaired) electrons. The molecule has 0 bridgehead atoms. The van der Waals surface area contributed by atoms with E-state index in [0.717, 1.165) is 25.0 Å². The van der Waals surface area contributed by atoms with E-state index in [1.54, 1.807) is 0 Å². The van der Waals surface area contributed by atoms with Crippen molar-refractivity contribution in [3.8, 4) is 0 Å². The molecule has 0 aromatic heterocycles. The summed E-state index contributed by atoms with van der Waals surface area (Å²) in [6.07, 6.45) is 5.44. The second-order valence-corrected chi connectivity index (χ2v) is 5.62. The Morgan fingerprint density at radius 2 is 1.76 bits per heavy atom. The molecule has 0 aliphatic carbocycles. The van der Waals surface area contributed by atoms with Crippen LogP contribution in [0.25, 0.3) is 0 Å². The highest BCUT2D eigenvalue weighted by atomic mass is 16.2. The largest absolute Gasteiger partial charge is 0.298 e. The van der Waals surface area contributed by atoms with Crippen molar-refractivity contribution < 1.29 is 14.4 Å². The maximum atomic E-state index is 11.7. The molecule has 1 heterocycles. The lowest BCUT2D eigenvalue weighted by Gasteiger charge is -2.12. The van der Waals surface area contributed by atoms with Crippen molar-refractivity contribution in [1.29, 1.82) is 0 Å². The molecule has 21 heavy (non-hydrogen) atoms. The van der Waals surface area contributed by atoms with E-state index < -0.39 is 0 Å². The molecule has 0 fully saturated rings. The first-order valence-corrected chi connectivity index (χ1v) is 7.48. The zero-order valence-corrected chi connectivity index (χ0v) is 13.1. The van der Waals surface area contributed by atoms with Gasteiger partial charge >= 0.3 is 0 Å². The predicted octanol–water partition coefficient (Wildman–Crippen LogP) is 2.16. The molecule has 1 aliphatic heterocycles. The van der Waals surface area contributed by atoms with Gasteiger partial charge in [-0.15, -0.1) is 0 Å². The zero-order chi connectivity index (χ0) is 15.8. The minimum Gasteiger partial charge on any atom is -0.298 e. The summed E-state index contributed by atoms with van der Waals surface area (Å²) in [5.74, 6) is 0.0380. The van der Waals surface area contributed by atoms with Gasteiger partial charge in [0.2, 0.25) is 0 Å². The second-order valence-electron chi connectivity index (χ2n) is 5.62. The minimum absolute atomic E-state index is 0.144. The molecule has 5 nitrogen and oxygen atoms in total. The average Bonchev–Trinajstić information content (AvgIpc) is 2.75. The van der Waals surface area contributed by atoms with Crippen molar-refractivity contribution in [2.75, 3.05) is 13.1 Å². The monoisotopic (exact) mass is 292 g/mol. The molecule has 0 saturated heterocycles. The van der Waals surface area contributed by atoms with Crippen molar-refractivity contribution >= 4 is 23.3 Å². The van der Waals surface area contributed by atoms with Crippen molar-refractivity contribution in [2.45, 2.75) is 46.5 Å². The van der Waals surface area contributed by atoms with Crippen LogP contribution in [-0.4, -0.2) is 41.3 Å². The van der Waals surface area contributed by atoms with Crippen molar-refractivity contribution in [1.82, 2.24) is 4.90 Å². The third kappa shape index (κ3) is 6.02. The van der Waals surface area contributed by atoms with E-state index in [2.05, 4.69) is 18.8 Å². The lowest BCUT2D eigenvalue weighted by Crippen LogP contribution is -2.30. The van der Waals surface area contributed by atoms with Crippen LogP contribution in [-0.2, 0) is 14.4 Å². The Bertz CT molecular complexity index is 446. The molecule has 1 aliphatic rings. The summed E-state index contributed by atoms with van der Waals surface area (Å²) in [4.78, 5) is 39.8. The van der Waals surface area contributed by atoms with Crippen molar-refractivity contribution in [3.63, 3.8) is 0 Å². The number of nitrogens with zero attached hydrogens (tertiary/aromatic N) is 2. The molecule has 0 N–H and O–H groups in total. The number of Topliss-reactive ketones (excluding diaryl/α,β-unsaturated/α-hetero) is 1. The predicted molar refractivity (Wildman–Crippen MR) is 82.1 cm³/mol. The van der Waals surface area contributed by atoms with Crippen LogP contribution < -0.4 is 0 Å². The van der Waals surface area contributed by atoms with Gasteiger partial charge in [0.15, 0.2) is 5.78 Å². The molecule has 0 unspecified atom stereocenters. The van der Waals surface area contributed by atoms with Gasteiger partial charge in [0, 0.05) is 30.8 Å². The number of rotatable bonds is 9. The molecule has 0 spiro atoms. The molecule has 2 amide bonds. The van der Waals surface area contributed by atoms with Gasteiger partial charge in [0.05, 0.1) is 6.54 Å². The lowest BCUT2D eigenvalue weighted by molar-refractivity contribution is -0.136. The van der Waals surface area contributed by atoms with Gasteiger partial charge in [-0.25, -0.2) is 0 Å². The van der Waals surface area contributed by atoms with E-state index in [9.17, 15) is 14.4 Å². The number of hydrogen-bond acceptors (Lipinski definition) is 4. The normalized spacial score (nSPS) is 15.4. The quantitative estimate of drug-likeness (QED) is 0.371. The van der Waals surface area contributed by atoms with Crippen LogP contribution in [0.3, 0.4) is 0 Å². The fraction of sp³-hybridized carbons (Fsp3) is 0.625. The number of carbonyl (C=O) groups is 3. The van der Waals surface area contributed by atoms with Gasteiger partial charge in [-0.2, -0.15) is 0 Å². The Kier molecular flexibility index (Phi) is 6.99. The van der Waals surface area contributed by atoms with Gasteiger partial charge in [-0.1, -0.05) is 20.3 Å². The number of imide groups is 1. The summed E-state index contributed by atoms with van der Waals surface area (Å²) in [5.41, 5.74) is 1.00.